The van der Waals surface area contributed by atoms with Crippen LogP contribution in [0.5, 0.6) is 0 Å². The summed E-state index contributed by atoms with van der Waals surface area (Å²) in [5.41, 5.74) is 12.8. The maximum Gasteiger partial charge on any atom is 0.207 e. The highest BCUT2D eigenvalue weighted by atomic mass is 31.1. The maximum atomic E-state index is 2.50. The Morgan fingerprint density at radius 2 is 0.635 bits per heavy atom. The molecular formula is C48H36N2P2+2. The number of para-hydroxylation sites is 4. The van der Waals surface area contributed by atoms with Gasteiger partial charge in [0.15, 0.2) is 10.6 Å². The number of rotatable bonds is 6. The molecule has 0 fully saturated rings. The molecule has 0 radical (unpaired) electrons. The summed E-state index contributed by atoms with van der Waals surface area (Å²) in [6.45, 7) is 5.00. The lowest BCUT2D eigenvalue weighted by atomic mass is 9.92. The second-order valence-electron chi connectivity index (χ2n) is 13.5. The average molecular weight is 703 g/mol. The van der Waals surface area contributed by atoms with Crippen molar-refractivity contribution in [2.45, 2.75) is 0 Å². The van der Waals surface area contributed by atoms with Crippen molar-refractivity contribution in [1.82, 2.24) is 0 Å². The van der Waals surface area contributed by atoms with Crippen LogP contribution in [0.2, 0.25) is 0 Å². The monoisotopic (exact) mass is 702 g/mol. The Morgan fingerprint density at radius 3 is 0.962 bits per heavy atom. The normalized spacial score (nSPS) is 13.7. The van der Waals surface area contributed by atoms with E-state index in [4.69, 9.17) is 0 Å². The van der Waals surface area contributed by atoms with E-state index in [2.05, 4.69) is 205 Å². The molecule has 52 heavy (non-hydrogen) atoms. The Kier molecular flexibility index (Phi) is 7.43. The minimum atomic E-state index is -0.594. The maximum absolute atomic E-state index is 2.50. The molecule has 2 nitrogen and oxygen atoms in total. The fourth-order valence-corrected chi connectivity index (χ4v) is 13.5. The van der Waals surface area contributed by atoms with Crippen molar-refractivity contribution in [2.75, 3.05) is 23.1 Å². The van der Waals surface area contributed by atoms with Crippen LogP contribution in [0, 0.1) is 9.88 Å². The number of anilines is 6. The fraction of sp³-hybridized carbons (Fsp3) is 0.0417. The number of hydrogen-bond donors (Lipinski definition) is 0. The van der Waals surface area contributed by atoms with Gasteiger partial charge in [0, 0.05) is 57.1 Å². The predicted octanol–water partition coefficient (Wildman–Crippen LogP) is 13.1. The first-order valence-electron chi connectivity index (χ1n) is 17.8. The van der Waals surface area contributed by atoms with E-state index in [0.29, 0.717) is 0 Å². The zero-order valence-corrected chi connectivity index (χ0v) is 30.9. The molecule has 2 heterocycles. The second-order valence-corrected chi connectivity index (χ2v) is 17.6. The van der Waals surface area contributed by atoms with Gasteiger partial charge in [-0.05, 0) is 83.6 Å². The minimum Gasteiger partial charge on any atom is -0.310 e. The lowest BCUT2D eigenvalue weighted by molar-refractivity contribution is 1.29. The third-order valence-electron chi connectivity index (χ3n) is 10.6. The first kappa shape index (κ1) is 31.0. The van der Waals surface area contributed by atoms with Gasteiger partial charge in [0.2, 0.25) is 9.88 Å². The number of benzene rings is 8. The van der Waals surface area contributed by atoms with E-state index >= 15 is 0 Å². The summed E-state index contributed by atoms with van der Waals surface area (Å²) >= 11 is 0. The fourth-order valence-electron chi connectivity index (χ4n) is 8.35. The smallest absolute Gasteiger partial charge is 0.207 e. The molecule has 2 aliphatic rings. The lowest BCUT2D eigenvalue weighted by Crippen LogP contribution is -2.12. The first-order chi connectivity index (χ1) is 25.7. The van der Waals surface area contributed by atoms with E-state index in [1.807, 2.05) is 0 Å². The summed E-state index contributed by atoms with van der Waals surface area (Å²) in [5, 5.41) is 5.68. The van der Waals surface area contributed by atoms with E-state index in [0.717, 1.165) is 0 Å². The van der Waals surface area contributed by atoms with E-state index in [1.165, 1.54) is 77.8 Å². The van der Waals surface area contributed by atoms with Crippen LogP contribution >= 0.6 is 15.1 Å². The molecule has 2 unspecified atom stereocenters. The Morgan fingerprint density at radius 1 is 0.327 bits per heavy atom. The van der Waals surface area contributed by atoms with Crippen LogP contribution in [0.15, 0.2) is 182 Å². The third kappa shape index (κ3) is 4.80. The van der Waals surface area contributed by atoms with Gasteiger partial charge in [0.05, 0.1) is 11.4 Å². The van der Waals surface area contributed by atoms with Crippen LogP contribution in [-0.4, -0.2) is 13.3 Å². The molecule has 2 atom stereocenters. The third-order valence-corrected chi connectivity index (χ3v) is 15.2. The van der Waals surface area contributed by atoms with Crippen molar-refractivity contribution in [3.8, 4) is 22.3 Å². The van der Waals surface area contributed by atoms with E-state index < -0.39 is 15.1 Å². The van der Waals surface area contributed by atoms with Crippen LogP contribution in [0.25, 0.3) is 33.0 Å². The average Bonchev–Trinajstić information content (AvgIpc) is 3.66. The zero-order valence-electron chi connectivity index (χ0n) is 29.1. The van der Waals surface area contributed by atoms with Crippen LogP contribution in [0.4, 0.5) is 34.1 Å². The van der Waals surface area contributed by atoms with Gasteiger partial charge in [-0.15, -0.1) is 0 Å². The van der Waals surface area contributed by atoms with E-state index in [9.17, 15) is 0 Å². The molecule has 246 valence electrons. The number of fused-ring (bicyclic) bond motifs is 10. The lowest BCUT2D eigenvalue weighted by Gasteiger charge is -2.25. The largest absolute Gasteiger partial charge is 0.310 e. The zero-order chi connectivity index (χ0) is 34.8. The highest BCUT2D eigenvalue weighted by Crippen LogP contribution is 2.54. The van der Waals surface area contributed by atoms with Gasteiger partial charge in [0.1, 0.15) is 28.4 Å². The Bertz CT molecular complexity index is 2530. The van der Waals surface area contributed by atoms with Crippen molar-refractivity contribution >= 4 is 70.6 Å². The molecule has 4 heteroatoms. The molecular weight excluding hydrogens is 666 g/mol. The molecule has 8 aromatic rings. The number of nitrogens with zero attached hydrogens (tertiary/aromatic N) is 2. The molecule has 0 saturated heterocycles. The predicted molar refractivity (Wildman–Crippen MR) is 227 cm³/mol. The van der Waals surface area contributed by atoms with Crippen LogP contribution < -0.4 is 20.4 Å². The number of hydrogen-bond acceptors (Lipinski definition) is 2. The Balaban J connectivity index is 1.20. The summed E-state index contributed by atoms with van der Waals surface area (Å²) in [5.74, 6) is 0. The molecule has 0 amide bonds. The van der Waals surface area contributed by atoms with Gasteiger partial charge in [-0.25, -0.2) is 0 Å². The van der Waals surface area contributed by atoms with E-state index in [-0.39, 0.29) is 0 Å². The van der Waals surface area contributed by atoms with E-state index in [1.54, 1.807) is 9.88 Å². The van der Waals surface area contributed by atoms with Crippen molar-refractivity contribution < 1.29 is 0 Å². The van der Waals surface area contributed by atoms with Gasteiger partial charge >= 0.3 is 0 Å². The van der Waals surface area contributed by atoms with Gasteiger partial charge in [-0.3, -0.25) is 0 Å². The second kappa shape index (κ2) is 12.5. The van der Waals surface area contributed by atoms with Crippen molar-refractivity contribution in [3.63, 3.8) is 0 Å². The van der Waals surface area contributed by atoms with Gasteiger partial charge < -0.3 is 9.80 Å². The van der Waals surface area contributed by atoms with Crippen LogP contribution in [0.3, 0.4) is 0 Å². The van der Waals surface area contributed by atoms with Gasteiger partial charge in [0.25, 0.3) is 0 Å². The standard InChI is InChI=1S/C48H36N2P2/c1-51-43-31-37(49(33-17-7-3-8-18-33)34-19-9-4-10-20-34)27-29-41(43)45-39-25-15-16-26-40(39)46-42-30-28-38(32-44(42)52(2)48(46)47(45)51)50(35-21-11-5-12-22-35)36-23-13-6-14-24-36/h3-32H,1-2H3/q+2. The molecule has 10 rings (SSSR count). The van der Waals surface area contributed by atoms with Crippen LogP contribution in [0.1, 0.15) is 0 Å². The first-order valence-corrected chi connectivity index (χ1v) is 21.4. The topological polar surface area (TPSA) is 6.48 Å². The molecule has 8 aromatic carbocycles. The molecule has 0 saturated carbocycles. The molecule has 0 bridgehead atoms. The SMILES string of the molecule is C[P+]1=c2c(c3ccccc3c3c2=[P+](C)c2cc(N(c4ccccc4)c4ccccc4)ccc2-3)-c2ccc(N(c3ccccc3)c3ccccc3)cc21. The minimum absolute atomic E-state index is 0.594. The van der Waals surface area contributed by atoms with Gasteiger partial charge in [-0.2, -0.15) is 0 Å². The van der Waals surface area contributed by atoms with Crippen molar-refractivity contribution in [3.05, 3.63) is 192 Å². The molecule has 0 aliphatic carbocycles. The summed E-state index contributed by atoms with van der Waals surface area (Å²) in [6, 6.07) is 66.6. The van der Waals surface area contributed by atoms with Gasteiger partial charge in [-0.1, -0.05) is 97.1 Å². The van der Waals surface area contributed by atoms with Crippen LogP contribution in [-0.2, 0) is 0 Å². The van der Waals surface area contributed by atoms with Crippen molar-refractivity contribution in [2.24, 2.45) is 0 Å². The summed E-state index contributed by atoms with van der Waals surface area (Å²) in [4.78, 5) is 7.95. The molecule has 0 aromatic heterocycles. The summed E-state index contributed by atoms with van der Waals surface area (Å²) in [7, 11) is -1.19. The molecule has 2 aliphatic heterocycles. The quantitative estimate of drug-likeness (QED) is 0.159. The summed E-state index contributed by atoms with van der Waals surface area (Å²) < 4.78 is 0. The highest BCUT2D eigenvalue weighted by molar-refractivity contribution is 7.60. The molecule has 0 N–H and O–H groups in total. The van der Waals surface area contributed by atoms with Crippen molar-refractivity contribution in [1.29, 1.82) is 0 Å². The Hall–Kier alpha value is -5.78. The Labute approximate surface area is 306 Å². The highest BCUT2D eigenvalue weighted by Gasteiger charge is 2.39. The summed E-state index contributed by atoms with van der Waals surface area (Å²) in [6.07, 6.45) is 0. The molecule has 0 spiro atoms.